The van der Waals surface area contributed by atoms with E-state index >= 15 is 0 Å². The van der Waals surface area contributed by atoms with Crippen molar-refractivity contribution < 1.29 is 46.8 Å². The lowest BCUT2D eigenvalue weighted by Crippen LogP contribution is -2.29. The van der Waals surface area contributed by atoms with Crippen LogP contribution >= 0.6 is 7.82 Å². The zero-order valence-electron chi connectivity index (χ0n) is 38.3. The minimum Gasteiger partial charge on any atom is -0.466 e. The predicted octanol–water partition coefficient (Wildman–Crippen LogP) is 12.3. The predicted molar refractivity (Wildman–Crippen MR) is 246 cm³/mol. The van der Waals surface area contributed by atoms with E-state index in [0.717, 1.165) is 70.6 Å². The molecule has 3 N–H and O–H groups in total. The molecule has 0 aliphatic rings. The molecule has 0 saturated heterocycles. The molecular weight excluding hydrogens is 794 g/mol. The molecule has 11 nitrogen and oxygen atoms in total. The van der Waals surface area contributed by atoms with Crippen LogP contribution in [0.2, 0.25) is 0 Å². The van der Waals surface area contributed by atoms with Gasteiger partial charge in [-0.2, -0.15) is 0 Å². The standard InChI is InChI=1S/C49H82NO10P/c1-5-7-26-32-44(51)33-28-22-18-14-10-9-11-16-20-24-30-36-48(52)56-40-45(41-58-61(54,55)57-39-38-50)59-49(53)37-31-25-21-17-13-12-15-19-23-29-35-47-43(4)42(3)46(60-47)34-27-8-6-2/h9-10,16,18,20,22,28,33,45H,5-8,11-15,17,19,21,23-27,29-32,34-41,50H2,1-4H3,(H,54,55)/b10-9-,20-16-,22-18-,33-28+/t45-/m1/s1. The van der Waals surface area contributed by atoms with E-state index in [2.05, 4.69) is 39.8 Å². The number of carbonyl (C=O) groups is 3. The highest BCUT2D eigenvalue weighted by atomic mass is 31.2. The summed E-state index contributed by atoms with van der Waals surface area (Å²) < 4.78 is 39.0. The Bertz CT molecular complexity index is 1480. The normalized spacial score (nSPS) is 13.5. The molecular formula is C49H82NO10P. The fraction of sp³-hybridized carbons (Fsp3) is 0.694. The maximum atomic E-state index is 12.7. The van der Waals surface area contributed by atoms with E-state index in [0.29, 0.717) is 25.7 Å². The molecule has 2 atom stereocenters. The zero-order chi connectivity index (χ0) is 44.8. The molecule has 0 fully saturated rings. The number of nitrogens with two attached hydrogens (primary N) is 1. The first-order valence-electron chi connectivity index (χ1n) is 23.4. The van der Waals surface area contributed by atoms with Crippen molar-refractivity contribution >= 4 is 25.5 Å². The van der Waals surface area contributed by atoms with Gasteiger partial charge in [-0.15, -0.1) is 0 Å². The van der Waals surface area contributed by atoms with Crippen LogP contribution in [0.15, 0.2) is 53.0 Å². The van der Waals surface area contributed by atoms with Gasteiger partial charge in [0.15, 0.2) is 11.9 Å². The van der Waals surface area contributed by atoms with Crippen LogP contribution in [0, 0.1) is 13.8 Å². The van der Waals surface area contributed by atoms with Crippen LogP contribution in [0.1, 0.15) is 184 Å². The number of phosphoric acid groups is 1. The second-order valence-electron chi connectivity index (χ2n) is 15.9. The van der Waals surface area contributed by atoms with Gasteiger partial charge < -0.3 is 24.5 Å². The number of hydrogen-bond donors (Lipinski definition) is 2. The summed E-state index contributed by atoms with van der Waals surface area (Å²) in [4.78, 5) is 46.7. The number of furan rings is 1. The van der Waals surface area contributed by atoms with Crippen LogP contribution in [0.4, 0.5) is 0 Å². The molecule has 1 heterocycles. The summed E-state index contributed by atoms with van der Waals surface area (Å²) in [6.07, 6.45) is 38.0. The number of carbonyl (C=O) groups excluding carboxylic acids is 3. The van der Waals surface area contributed by atoms with Crippen LogP contribution in [-0.4, -0.2) is 55.1 Å². The SMILES string of the molecule is CCCCCC(=O)/C=C/C=C\C/C=C\C/C=C\CCCC(=O)OC[C@H](COP(=O)(O)OCCN)OC(=O)CCCCCCCCCCCCc1oc(CCCCC)c(C)c1C. The van der Waals surface area contributed by atoms with Crippen LogP contribution in [0.5, 0.6) is 0 Å². The number of aryl methyl sites for hydroxylation is 2. The second kappa shape index (κ2) is 37.5. The lowest BCUT2D eigenvalue weighted by molar-refractivity contribution is -0.161. The van der Waals surface area contributed by atoms with Crippen LogP contribution < -0.4 is 5.73 Å². The van der Waals surface area contributed by atoms with Gasteiger partial charge in [0.25, 0.3) is 0 Å². The molecule has 1 unspecified atom stereocenters. The molecule has 0 aromatic carbocycles. The van der Waals surface area contributed by atoms with Crippen molar-refractivity contribution in [2.45, 2.75) is 194 Å². The molecule has 0 spiro atoms. The van der Waals surface area contributed by atoms with Crippen molar-refractivity contribution in [3.63, 3.8) is 0 Å². The van der Waals surface area contributed by atoms with Gasteiger partial charge >= 0.3 is 19.8 Å². The Kier molecular flexibility index (Phi) is 34.4. The largest absolute Gasteiger partial charge is 0.472 e. The summed E-state index contributed by atoms with van der Waals surface area (Å²) in [5, 5.41) is 0. The van der Waals surface area contributed by atoms with E-state index in [4.69, 9.17) is 28.7 Å². The molecule has 1 rings (SSSR count). The van der Waals surface area contributed by atoms with Gasteiger partial charge in [0.05, 0.1) is 13.2 Å². The third kappa shape index (κ3) is 31.4. The summed E-state index contributed by atoms with van der Waals surface area (Å²) in [6.45, 7) is 7.82. The Labute approximate surface area is 369 Å². The van der Waals surface area contributed by atoms with Gasteiger partial charge in [-0.1, -0.05) is 133 Å². The quantitative estimate of drug-likeness (QED) is 0.0161. The van der Waals surface area contributed by atoms with Crippen molar-refractivity contribution in [2.75, 3.05) is 26.4 Å². The highest BCUT2D eigenvalue weighted by Gasteiger charge is 2.26. The average molecular weight is 876 g/mol. The van der Waals surface area contributed by atoms with Gasteiger partial charge in [0.1, 0.15) is 18.1 Å². The maximum absolute atomic E-state index is 12.7. The van der Waals surface area contributed by atoms with Crippen LogP contribution in [-0.2, 0) is 50.3 Å². The Morgan fingerprint density at radius 2 is 1.20 bits per heavy atom. The summed E-state index contributed by atoms with van der Waals surface area (Å²) in [5.74, 6) is 1.58. The van der Waals surface area contributed by atoms with E-state index in [1.807, 2.05) is 24.3 Å². The van der Waals surface area contributed by atoms with Gasteiger partial charge in [-0.3, -0.25) is 23.4 Å². The smallest absolute Gasteiger partial charge is 0.466 e. The lowest BCUT2D eigenvalue weighted by Gasteiger charge is -2.19. The molecule has 12 heteroatoms. The summed E-state index contributed by atoms with van der Waals surface area (Å²) >= 11 is 0. The number of hydrogen-bond acceptors (Lipinski definition) is 10. The Hall–Kier alpha value is -3.08. The first-order valence-corrected chi connectivity index (χ1v) is 24.9. The molecule has 348 valence electrons. The number of ether oxygens (including phenoxy) is 2. The first-order chi connectivity index (χ1) is 29.5. The monoisotopic (exact) mass is 876 g/mol. The molecule has 0 bridgehead atoms. The Morgan fingerprint density at radius 3 is 1.84 bits per heavy atom. The van der Waals surface area contributed by atoms with Crippen molar-refractivity contribution in [1.82, 2.24) is 0 Å². The first kappa shape index (κ1) is 55.9. The zero-order valence-corrected chi connectivity index (χ0v) is 39.2. The molecule has 0 amide bonds. The Balaban J connectivity index is 2.27. The van der Waals surface area contributed by atoms with E-state index in [1.54, 1.807) is 12.2 Å². The van der Waals surface area contributed by atoms with Crippen molar-refractivity contribution in [3.05, 3.63) is 71.3 Å². The number of rotatable bonds is 40. The number of esters is 2. The third-order valence-corrected chi connectivity index (χ3v) is 11.4. The molecule has 1 aromatic rings. The molecule has 0 saturated carbocycles. The lowest BCUT2D eigenvalue weighted by atomic mass is 10.0. The average Bonchev–Trinajstić information content (AvgIpc) is 3.51. The van der Waals surface area contributed by atoms with Gasteiger partial charge in [0, 0.05) is 38.6 Å². The highest BCUT2D eigenvalue weighted by molar-refractivity contribution is 7.47. The van der Waals surface area contributed by atoms with E-state index in [-0.39, 0.29) is 38.4 Å². The van der Waals surface area contributed by atoms with Crippen LogP contribution in [0.3, 0.4) is 0 Å². The molecule has 61 heavy (non-hydrogen) atoms. The minimum atomic E-state index is -4.42. The Morgan fingerprint density at radius 1 is 0.656 bits per heavy atom. The van der Waals surface area contributed by atoms with E-state index < -0.39 is 32.5 Å². The fourth-order valence-electron chi connectivity index (χ4n) is 6.58. The minimum absolute atomic E-state index is 0.0301. The molecule has 0 aliphatic heterocycles. The molecule has 0 radical (unpaired) electrons. The maximum Gasteiger partial charge on any atom is 0.472 e. The molecule has 0 aliphatic carbocycles. The van der Waals surface area contributed by atoms with Gasteiger partial charge in [-0.25, -0.2) is 4.57 Å². The van der Waals surface area contributed by atoms with Crippen molar-refractivity contribution in [1.29, 1.82) is 0 Å². The van der Waals surface area contributed by atoms with Gasteiger partial charge in [-0.05, 0) is 82.4 Å². The van der Waals surface area contributed by atoms with Gasteiger partial charge in [0.2, 0.25) is 0 Å². The van der Waals surface area contributed by atoms with E-state index in [9.17, 15) is 23.8 Å². The third-order valence-electron chi connectivity index (χ3n) is 10.4. The van der Waals surface area contributed by atoms with Crippen molar-refractivity contribution in [2.24, 2.45) is 5.73 Å². The fourth-order valence-corrected chi connectivity index (χ4v) is 7.35. The number of allylic oxidation sites excluding steroid dienone is 8. The topological polar surface area (TPSA) is 165 Å². The van der Waals surface area contributed by atoms with E-state index in [1.165, 1.54) is 74.0 Å². The number of unbranched alkanes of at least 4 members (excludes halogenated alkanes) is 14. The summed E-state index contributed by atoms with van der Waals surface area (Å²) in [6, 6.07) is 0. The highest BCUT2D eigenvalue weighted by Crippen LogP contribution is 2.43. The summed E-state index contributed by atoms with van der Waals surface area (Å²) in [7, 11) is -4.42. The van der Waals surface area contributed by atoms with Crippen LogP contribution in [0.25, 0.3) is 0 Å². The second-order valence-corrected chi connectivity index (χ2v) is 17.3. The number of phosphoric ester groups is 1. The summed E-state index contributed by atoms with van der Waals surface area (Å²) in [5.41, 5.74) is 8.03. The number of ketones is 1. The molecule has 1 aromatic heterocycles. The van der Waals surface area contributed by atoms with Crippen molar-refractivity contribution in [3.8, 4) is 0 Å².